The van der Waals surface area contributed by atoms with Crippen LogP contribution in [0.25, 0.3) is 0 Å². The average molecular weight is 665 g/mol. The third-order valence-corrected chi connectivity index (χ3v) is 15.1. The van der Waals surface area contributed by atoms with E-state index in [2.05, 4.69) is 171 Å². The van der Waals surface area contributed by atoms with Gasteiger partial charge in [0, 0.05) is 24.7 Å². The van der Waals surface area contributed by atoms with Crippen molar-refractivity contribution >= 4 is 19.0 Å². The molecular weight excluding hydrogens is 611 g/mol. The van der Waals surface area contributed by atoms with E-state index in [9.17, 15) is 4.79 Å². The summed E-state index contributed by atoms with van der Waals surface area (Å²) in [6, 6.07) is 43.1. The second kappa shape index (κ2) is 15.0. The summed E-state index contributed by atoms with van der Waals surface area (Å²) in [5.41, 5.74) is 14.3. The summed E-state index contributed by atoms with van der Waals surface area (Å²) < 4.78 is 0. The van der Waals surface area contributed by atoms with Gasteiger partial charge in [-0.15, -0.1) is 0 Å². The van der Waals surface area contributed by atoms with Crippen LogP contribution in [0.3, 0.4) is 0 Å². The monoisotopic (exact) mass is 664 g/mol. The van der Waals surface area contributed by atoms with Gasteiger partial charge in [0.05, 0.1) is 0 Å². The molecule has 1 heterocycles. The summed E-state index contributed by atoms with van der Waals surface area (Å²) >= 11 is 0. The first-order chi connectivity index (χ1) is 23.6. The second-order valence-corrected chi connectivity index (χ2v) is 17.6. The number of aryl methyl sites for hydroxylation is 4. The molecule has 4 unspecified atom stereocenters. The highest BCUT2D eigenvalue weighted by Gasteiger charge is 2.44. The van der Waals surface area contributed by atoms with Crippen molar-refractivity contribution in [3.8, 4) is 0 Å². The van der Waals surface area contributed by atoms with Gasteiger partial charge in [-0.2, -0.15) is 0 Å². The van der Waals surface area contributed by atoms with Crippen LogP contribution in [0.1, 0.15) is 108 Å². The van der Waals surface area contributed by atoms with Crippen molar-refractivity contribution < 1.29 is 4.79 Å². The lowest BCUT2D eigenvalue weighted by atomic mass is 9.77. The summed E-state index contributed by atoms with van der Waals surface area (Å²) in [6.07, 6.45) is 1.36. The SMILES string of the molecule is Cc1cccc(C)c1C(c1ccccc1)c1cccc(C(c2ccccc2)c2c(C)cccc2C)c1P1C(C(C)C)CC(=O)CC1C(C)C. The maximum atomic E-state index is 13.6. The molecule has 1 aliphatic heterocycles. The van der Waals surface area contributed by atoms with E-state index in [-0.39, 0.29) is 11.8 Å². The second-order valence-electron chi connectivity index (χ2n) is 15.1. The lowest BCUT2D eigenvalue weighted by molar-refractivity contribution is -0.119. The van der Waals surface area contributed by atoms with E-state index in [1.165, 1.54) is 60.9 Å². The number of ketones is 1. The first kappa shape index (κ1) is 35.0. The molecule has 49 heavy (non-hydrogen) atoms. The summed E-state index contributed by atoms with van der Waals surface area (Å²) in [7, 11) is -0.727. The zero-order chi connectivity index (χ0) is 34.8. The largest absolute Gasteiger partial charge is 0.300 e. The normalized spacial score (nSPS) is 19.3. The Morgan fingerprint density at radius 2 is 0.837 bits per heavy atom. The molecule has 1 aliphatic rings. The molecule has 1 saturated heterocycles. The minimum Gasteiger partial charge on any atom is -0.300 e. The van der Waals surface area contributed by atoms with Crippen LogP contribution in [0.4, 0.5) is 0 Å². The van der Waals surface area contributed by atoms with Gasteiger partial charge < -0.3 is 0 Å². The van der Waals surface area contributed by atoms with Crippen molar-refractivity contribution in [3.05, 3.63) is 171 Å². The Balaban J connectivity index is 1.78. The van der Waals surface area contributed by atoms with E-state index in [0.717, 1.165) is 0 Å². The predicted octanol–water partition coefficient (Wildman–Crippen LogP) is 11.8. The fourth-order valence-corrected chi connectivity index (χ4v) is 12.9. The Bertz CT molecular complexity index is 1730. The van der Waals surface area contributed by atoms with Gasteiger partial charge in [-0.1, -0.05) is 151 Å². The topological polar surface area (TPSA) is 17.1 Å². The van der Waals surface area contributed by atoms with E-state index < -0.39 is 7.92 Å². The first-order valence-electron chi connectivity index (χ1n) is 18.2. The van der Waals surface area contributed by atoms with Crippen LogP contribution in [-0.4, -0.2) is 17.1 Å². The Labute approximate surface area is 297 Å². The van der Waals surface area contributed by atoms with Crippen molar-refractivity contribution in [3.63, 3.8) is 0 Å². The third-order valence-electron chi connectivity index (χ3n) is 11.0. The molecule has 5 aromatic rings. The summed E-state index contributed by atoms with van der Waals surface area (Å²) in [4.78, 5) is 13.6. The third kappa shape index (κ3) is 6.98. The zero-order valence-electron chi connectivity index (χ0n) is 30.7. The van der Waals surface area contributed by atoms with Crippen LogP contribution < -0.4 is 5.30 Å². The van der Waals surface area contributed by atoms with Crippen molar-refractivity contribution in [2.24, 2.45) is 11.8 Å². The van der Waals surface area contributed by atoms with Gasteiger partial charge in [0.25, 0.3) is 0 Å². The fraction of sp³-hybridized carbons (Fsp3) is 0.340. The van der Waals surface area contributed by atoms with Crippen LogP contribution in [0.2, 0.25) is 0 Å². The molecule has 0 saturated carbocycles. The minimum absolute atomic E-state index is 0.0764. The molecule has 0 aromatic heterocycles. The smallest absolute Gasteiger partial charge is 0.134 e. The molecule has 1 fully saturated rings. The molecule has 0 aliphatic carbocycles. The number of hydrogen-bond acceptors (Lipinski definition) is 1. The Morgan fingerprint density at radius 3 is 1.18 bits per heavy atom. The molecule has 4 atom stereocenters. The summed E-state index contributed by atoms with van der Waals surface area (Å²) in [6.45, 7) is 18.6. The van der Waals surface area contributed by atoms with Gasteiger partial charge >= 0.3 is 0 Å². The molecular formula is C47H53OP. The van der Waals surface area contributed by atoms with Gasteiger partial charge in [0.1, 0.15) is 5.78 Å². The van der Waals surface area contributed by atoms with Crippen LogP contribution >= 0.6 is 7.92 Å². The van der Waals surface area contributed by atoms with E-state index in [4.69, 9.17) is 0 Å². The van der Waals surface area contributed by atoms with E-state index >= 15 is 0 Å². The zero-order valence-corrected chi connectivity index (χ0v) is 31.6. The molecule has 5 aromatic carbocycles. The average Bonchev–Trinajstić information content (AvgIpc) is 3.08. The van der Waals surface area contributed by atoms with E-state index in [1.54, 1.807) is 0 Å². The van der Waals surface area contributed by atoms with Gasteiger partial charge in [-0.3, -0.25) is 4.79 Å². The maximum Gasteiger partial charge on any atom is 0.134 e. The number of hydrogen-bond donors (Lipinski definition) is 0. The Hall–Kier alpha value is -3.80. The summed E-state index contributed by atoms with van der Waals surface area (Å²) in [5, 5.41) is 1.54. The molecule has 0 amide bonds. The molecule has 0 N–H and O–H groups in total. The van der Waals surface area contributed by atoms with E-state index in [0.29, 0.717) is 41.8 Å². The van der Waals surface area contributed by atoms with Crippen molar-refractivity contribution in [2.75, 3.05) is 0 Å². The van der Waals surface area contributed by atoms with Crippen molar-refractivity contribution in [1.29, 1.82) is 0 Å². The molecule has 0 spiro atoms. The Kier molecular flexibility index (Phi) is 10.7. The van der Waals surface area contributed by atoms with Crippen LogP contribution in [-0.2, 0) is 4.79 Å². The van der Waals surface area contributed by atoms with Crippen LogP contribution in [0.5, 0.6) is 0 Å². The number of carbonyl (C=O) groups is 1. The molecule has 6 rings (SSSR count). The quantitative estimate of drug-likeness (QED) is 0.113. The van der Waals surface area contributed by atoms with Crippen molar-refractivity contribution in [2.45, 2.75) is 91.4 Å². The van der Waals surface area contributed by atoms with Gasteiger partial charge in [0.15, 0.2) is 0 Å². The lowest BCUT2D eigenvalue weighted by Gasteiger charge is -2.45. The predicted molar refractivity (Wildman–Crippen MR) is 211 cm³/mol. The number of Topliss-reactive ketones (excluding diaryl/α,β-unsaturated/α-hetero) is 1. The van der Waals surface area contributed by atoms with Crippen LogP contribution in [0, 0.1) is 39.5 Å². The maximum absolute atomic E-state index is 13.6. The highest BCUT2D eigenvalue weighted by molar-refractivity contribution is 7.67. The van der Waals surface area contributed by atoms with Gasteiger partial charge in [0.2, 0.25) is 0 Å². The molecule has 2 heteroatoms. The fourth-order valence-electron chi connectivity index (χ4n) is 8.64. The first-order valence-corrected chi connectivity index (χ1v) is 19.7. The number of rotatable bonds is 9. The van der Waals surface area contributed by atoms with E-state index in [1.807, 2.05) is 0 Å². The van der Waals surface area contributed by atoms with Crippen LogP contribution in [0.15, 0.2) is 115 Å². The summed E-state index contributed by atoms with van der Waals surface area (Å²) in [5.74, 6) is 1.41. The minimum atomic E-state index is -0.727. The number of carbonyl (C=O) groups excluding carboxylic acids is 1. The number of benzene rings is 5. The highest BCUT2D eigenvalue weighted by Crippen LogP contribution is 2.59. The van der Waals surface area contributed by atoms with Gasteiger partial charge in [-0.05, 0) is 112 Å². The van der Waals surface area contributed by atoms with Crippen molar-refractivity contribution in [1.82, 2.24) is 0 Å². The molecule has 1 nitrogen and oxygen atoms in total. The highest BCUT2D eigenvalue weighted by atomic mass is 31.1. The Morgan fingerprint density at radius 1 is 0.490 bits per heavy atom. The standard InChI is InChI=1S/C47H53OP/c1-30(2)41-28-38(48)29-42(31(3)4)49(41)47-39(45(36-22-11-9-12-23-36)43-32(5)18-15-19-33(43)6)26-17-27-40(47)46(37-24-13-10-14-25-37)44-34(7)20-16-21-35(44)8/h9-27,30-31,41-42,45-46H,28-29H2,1-8H3. The molecule has 252 valence electrons. The molecule has 0 bridgehead atoms. The molecule has 0 radical (unpaired) electrons. The van der Waals surface area contributed by atoms with Gasteiger partial charge in [-0.25, -0.2) is 0 Å². The lowest BCUT2D eigenvalue weighted by Crippen LogP contribution is -2.40.